The summed E-state index contributed by atoms with van der Waals surface area (Å²) in [5, 5.41) is 3.73. The largest absolute Gasteiger partial charge is 0.280 e. The number of rotatable bonds is 2. The average molecular weight is 258 g/mol. The van der Waals surface area contributed by atoms with Crippen LogP contribution in [0, 0.1) is 0 Å². The van der Waals surface area contributed by atoms with E-state index in [1.807, 2.05) is 6.20 Å². The van der Waals surface area contributed by atoms with E-state index in [0.717, 1.165) is 18.4 Å². The summed E-state index contributed by atoms with van der Waals surface area (Å²) < 4.78 is 23.7. The van der Waals surface area contributed by atoms with Crippen molar-refractivity contribution in [3.63, 3.8) is 0 Å². The van der Waals surface area contributed by atoms with Gasteiger partial charge in [0.2, 0.25) is 0 Å². The Balaban J connectivity index is 2.17. The fourth-order valence-electron chi connectivity index (χ4n) is 1.62. The van der Waals surface area contributed by atoms with Crippen LogP contribution in [0.15, 0.2) is 23.5 Å². The summed E-state index contributed by atoms with van der Waals surface area (Å²) in [6.45, 7) is 0. The zero-order chi connectivity index (χ0) is 11.3. The van der Waals surface area contributed by atoms with E-state index in [0.29, 0.717) is 11.6 Å². The minimum absolute atomic E-state index is 0.158. The first kappa shape index (κ1) is 10.0. The Bertz CT molecular complexity index is 660. The van der Waals surface area contributed by atoms with Gasteiger partial charge >= 0.3 is 0 Å². The van der Waals surface area contributed by atoms with Crippen molar-refractivity contribution in [3.05, 3.63) is 24.0 Å². The SMILES string of the molecule is O=S(=O)(Cl)c1cc2ncc(C3CC3)cn2n1. The normalized spacial score (nSPS) is 16.8. The molecule has 0 atom stereocenters. The van der Waals surface area contributed by atoms with Gasteiger partial charge in [0.25, 0.3) is 9.05 Å². The molecule has 0 amide bonds. The molecule has 2 aromatic heterocycles. The van der Waals surface area contributed by atoms with Gasteiger partial charge in [-0.1, -0.05) is 0 Å². The van der Waals surface area contributed by atoms with Crippen LogP contribution in [0.1, 0.15) is 24.3 Å². The lowest BCUT2D eigenvalue weighted by molar-refractivity contribution is 0.604. The summed E-state index contributed by atoms with van der Waals surface area (Å²) in [5.74, 6) is 0.553. The number of hydrogen-bond donors (Lipinski definition) is 0. The van der Waals surface area contributed by atoms with Gasteiger partial charge in [-0.15, -0.1) is 0 Å². The molecule has 1 fully saturated rings. The molecule has 0 radical (unpaired) electrons. The topological polar surface area (TPSA) is 64.3 Å². The molecular weight excluding hydrogens is 250 g/mol. The summed E-state index contributed by atoms with van der Waals surface area (Å²) >= 11 is 0. The fraction of sp³-hybridized carbons (Fsp3) is 0.333. The summed E-state index contributed by atoms with van der Waals surface area (Å²) in [7, 11) is 1.43. The van der Waals surface area contributed by atoms with E-state index in [1.54, 1.807) is 6.20 Å². The van der Waals surface area contributed by atoms with Gasteiger partial charge in [-0.3, -0.25) is 0 Å². The predicted octanol–water partition coefficient (Wildman–Crippen LogP) is 1.53. The van der Waals surface area contributed by atoms with Crippen LogP contribution in [0.4, 0.5) is 0 Å². The Labute approximate surface area is 96.5 Å². The lowest BCUT2D eigenvalue weighted by atomic mass is 10.2. The number of fused-ring (bicyclic) bond motifs is 1. The predicted molar refractivity (Wildman–Crippen MR) is 58.0 cm³/mol. The molecule has 3 rings (SSSR count). The molecule has 1 saturated carbocycles. The summed E-state index contributed by atoms with van der Waals surface area (Å²) in [5.41, 5.74) is 1.58. The van der Waals surface area contributed by atoms with E-state index in [-0.39, 0.29) is 5.03 Å². The van der Waals surface area contributed by atoms with Crippen LogP contribution in [-0.4, -0.2) is 23.0 Å². The van der Waals surface area contributed by atoms with Crippen molar-refractivity contribution in [2.45, 2.75) is 23.8 Å². The molecule has 0 unspecified atom stereocenters. The van der Waals surface area contributed by atoms with Gasteiger partial charge < -0.3 is 0 Å². The van der Waals surface area contributed by atoms with Crippen molar-refractivity contribution in [3.8, 4) is 0 Å². The van der Waals surface area contributed by atoms with E-state index in [1.165, 1.54) is 10.6 Å². The maximum atomic E-state index is 11.1. The third-order valence-corrected chi connectivity index (χ3v) is 3.78. The van der Waals surface area contributed by atoms with Crippen LogP contribution in [0.25, 0.3) is 5.65 Å². The van der Waals surface area contributed by atoms with Gasteiger partial charge in [0, 0.05) is 29.1 Å². The molecule has 0 aliphatic heterocycles. The average Bonchev–Trinajstić information content (AvgIpc) is 2.95. The van der Waals surface area contributed by atoms with E-state index in [4.69, 9.17) is 10.7 Å². The second-order valence-electron chi connectivity index (χ2n) is 3.88. The molecule has 0 saturated heterocycles. The van der Waals surface area contributed by atoms with Crippen LogP contribution in [0.5, 0.6) is 0 Å². The summed E-state index contributed by atoms with van der Waals surface area (Å²) in [6, 6.07) is 1.36. The number of halogens is 1. The molecule has 5 nitrogen and oxygen atoms in total. The Morgan fingerprint density at radius 2 is 2.19 bits per heavy atom. The van der Waals surface area contributed by atoms with E-state index in [2.05, 4.69) is 10.1 Å². The maximum absolute atomic E-state index is 11.1. The molecule has 1 aliphatic rings. The molecule has 7 heteroatoms. The molecule has 16 heavy (non-hydrogen) atoms. The summed E-state index contributed by atoms with van der Waals surface area (Å²) in [6.07, 6.45) is 5.90. The van der Waals surface area contributed by atoms with Crippen molar-refractivity contribution in [2.24, 2.45) is 0 Å². The van der Waals surface area contributed by atoms with Crippen LogP contribution in [0.2, 0.25) is 0 Å². The van der Waals surface area contributed by atoms with Crippen molar-refractivity contribution < 1.29 is 8.42 Å². The summed E-state index contributed by atoms with van der Waals surface area (Å²) in [4.78, 5) is 4.15. The highest BCUT2D eigenvalue weighted by Gasteiger charge is 2.25. The third-order valence-electron chi connectivity index (χ3n) is 2.61. The van der Waals surface area contributed by atoms with E-state index in [9.17, 15) is 8.42 Å². The van der Waals surface area contributed by atoms with Gasteiger partial charge in [-0.2, -0.15) is 5.10 Å². The van der Waals surface area contributed by atoms with Crippen molar-refractivity contribution in [1.82, 2.24) is 14.6 Å². The lowest BCUT2D eigenvalue weighted by Gasteiger charge is -1.97. The highest BCUT2D eigenvalue weighted by atomic mass is 35.7. The zero-order valence-electron chi connectivity index (χ0n) is 8.17. The Morgan fingerprint density at radius 1 is 1.44 bits per heavy atom. The molecule has 2 heterocycles. The van der Waals surface area contributed by atoms with Crippen molar-refractivity contribution in [2.75, 3.05) is 0 Å². The van der Waals surface area contributed by atoms with E-state index >= 15 is 0 Å². The first-order chi connectivity index (χ1) is 7.54. The second kappa shape index (κ2) is 3.18. The van der Waals surface area contributed by atoms with Crippen molar-refractivity contribution >= 4 is 25.4 Å². The molecule has 2 aromatic rings. The Kier molecular flexibility index (Phi) is 1.99. The number of aromatic nitrogens is 3. The zero-order valence-corrected chi connectivity index (χ0v) is 9.74. The van der Waals surface area contributed by atoms with Gasteiger partial charge in [-0.25, -0.2) is 17.9 Å². The van der Waals surface area contributed by atoms with Crippen LogP contribution >= 0.6 is 10.7 Å². The molecule has 0 bridgehead atoms. The van der Waals surface area contributed by atoms with Crippen molar-refractivity contribution in [1.29, 1.82) is 0 Å². The molecule has 84 valence electrons. The fourth-order valence-corrected chi connectivity index (χ4v) is 2.27. The standard InChI is InChI=1S/C9H8ClN3O2S/c10-16(14,15)9-3-8-11-4-7(6-1-2-6)5-13(8)12-9/h3-6H,1-2H2. The molecule has 0 aromatic carbocycles. The highest BCUT2D eigenvalue weighted by molar-refractivity contribution is 8.13. The molecular formula is C9H8ClN3O2S. The van der Waals surface area contributed by atoms with Crippen LogP contribution in [-0.2, 0) is 9.05 Å². The maximum Gasteiger partial charge on any atom is 0.280 e. The minimum Gasteiger partial charge on any atom is -0.237 e. The minimum atomic E-state index is -3.78. The first-order valence-corrected chi connectivity index (χ1v) is 7.15. The monoisotopic (exact) mass is 257 g/mol. The van der Waals surface area contributed by atoms with Gasteiger partial charge in [0.1, 0.15) is 0 Å². The third kappa shape index (κ3) is 1.68. The van der Waals surface area contributed by atoms with Crippen LogP contribution in [0.3, 0.4) is 0 Å². The molecule has 1 aliphatic carbocycles. The Morgan fingerprint density at radius 3 is 2.81 bits per heavy atom. The van der Waals surface area contributed by atoms with Gasteiger partial charge in [0.05, 0.1) is 0 Å². The first-order valence-electron chi connectivity index (χ1n) is 4.84. The number of hydrogen-bond acceptors (Lipinski definition) is 4. The smallest absolute Gasteiger partial charge is 0.237 e. The quantitative estimate of drug-likeness (QED) is 0.766. The second-order valence-corrected chi connectivity index (χ2v) is 6.40. The molecule has 0 N–H and O–H groups in total. The molecule has 0 spiro atoms. The van der Waals surface area contributed by atoms with Crippen LogP contribution < -0.4 is 0 Å². The Hall–Kier alpha value is -1.14. The van der Waals surface area contributed by atoms with Gasteiger partial charge in [0.15, 0.2) is 10.7 Å². The number of nitrogens with zero attached hydrogens (tertiary/aromatic N) is 3. The highest BCUT2D eigenvalue weighted by Crippen LogP contribution is 2.39. The van der Waals surface area contributed by atoms with Gasteiger partial charge in [-0.05, 0) is 24.3 Å². The lowest BCUT2D eigenvalue weighted by Crippen LogP contribution is -1.95. The van der Waals surface area contributed by atoms with E-state index < -0.39 is 9.05 Å².